The van der Waals surface area contributed by atoms with Gasteiger partial charge in [-0.15, -0.1) is 0 Å². The molecule has 0 spiro atoms. The van der Waals surface area contributed by atoms with Crippen LogP contribution in [0.25, 0.3) is 10.9 Å². The smallest absolute Gasteiger partial charge is 0.282 e. The predicted molar refractivity (Wildman–Crippen MR) is 144 cm³/mol. The lowest BCUT2D eigenvalue weighted by molar-refractivity contribution is -0.118. The zero-order valence-electron chi connectivity index (χ0n) is 20.1. The number of aromatic nitrogens is 2. The second-order valence-electron chi connectivity index (χ2n) is 8.26. The number of amides is 1. The Morgan fingerprint density at radius 3 is 2.61 bits per heavy atom. The number of benzene rings is 3. The van der Waals surface area contributed by atoms with Crippen LogP contribution in [0.5, 0.6) is 11.5 Å². The van der Waals surface area contributed by atoms with Crippen LogP contribution in [0.1, 0.15) is 31.2 Å². The normalized spacial score (nSPS) is 11.2. The first-order valence-corrected chi connectivity index (χ1v) is 12.1. The van der Waals surface area contributed by atoms with Crippen molar-refractivity contribution in [2.24, 2.45) is 5.10 Å². The summed E-state index contributed by atoms with van der Waals surface area (Å²) in [5, 5.41) is 7.69. The number of para-hydroxylation sites is 1. The molecule has 36 heavy (non-hydrogen) atoms. The molecular formula is C27H25BrN4O4. The summed E-state index contributed by atoms with van der Waals surface area (Å²) in [6, 6.07) is 19.7. The number of rotatable bonds is 8. The number of nitrogens with one attached hydrogen (secondary N) is 1. The highest BCUT2D eigenvalue weighted by atomic mass is 79.9. The van der Waals surface area contributed by atoms with Gasteiger partial charge in [0, 0.05) is 16.1 Å². The van der Waals surface area contributed by atoms with Gasteiger partial charge in [0.2, 0.25) is 0 Å². The maximum atomic E-state index is 13.2. The number of carbonyl (C=O) groups excluding carboxylic acids is 1. The Balaban J connectivity index is 1.55. The second-order valence-corrected chi connectivity index (χ2v) is 9.18. The summed E-state index contributed by atoms with van der Waals surface area (Å²) in [6.07, 6.45) is 1.56. The summed E-state index contributed by atoms with van der Waals surface area (Å²) in [4.78, 5) is 30.0. The molecule has 1 aromatic heterocycles. The Morgan fingerprint density at radius 1 is 1.11 bits per heavy atom. The van der Waals surface area contributed by atoms with Gasteiger partial charge in [-0.05, 0) is 54.1 Å². The zero-order chi connectivity index (χ0) is 25.7. The number of anilines is 1. The van der Waals surface area contributed by atoms with Crippen molar-refractivity contribution in [2.45, 2.75) is 19.8 Å². The SMILES string of the molecule is COc1cc(C=Nn2c(C(C)C)nc3ccc(Br)cc3c2=O)ccc1OCC(=O)Nc1ccccc1. The Labute approximate surface area is 216 Å². The van der Waals surface area contributed by atoms with Gasteiger partial charge < -0.3 is 14.8 Å². The van der Waals surface area contributed by atoms with E-state index in [1.54, 1.807) is 42.6 Å². The number of fused-ring (bicyclic) bond motifs is 1. The van der Waals surface area contributed by atoms with Crippen LogP contribution >= 0.6 is 15.9 Å². The topological polar surface area (TPSA) is 94.8 Å². The van der Waals surface area contributed by atoms with Crippen LogP contribution in [0.15, 0.2) is 81.1 Å². The van der Waals surface area contributed by atoms with Gasteiger partial charge in [0.05, 0.1) is 24.2 Å². The second kappa shape index (κ2) is 11.2. The van der Waals surface area contributed by atoms with Crippen molar-refractivity contribution in [1.82, 2.24) is 9.66 Å². The van der Waals surface area contributed by atoms with Gasteiger partial charge in [0.25, 0.3) is 11.5 Å². The Morgan fingerprint density at radius 2 is 1.89 bits per heavy atom. The standard InChI is InChI=1S/C27H25BrN4O4/c1-17(2)26-31-22-11-10-19(28)14-21(22)27(34)32(26)29-15-18-9-12-23(24(13-18)35-3)36-16-25(33)30-20-7-5-4-6-8-20/h4-15,17H,16H2,1-3H3,(H,30,33). The van der Waals surface area contributed by atoms with E-state index in [0.717, 1.165) is 4.47 Å². The van der Waals surface area contributed by atoms with Gasteiger partial charge in [-0.3, -0.25) is 9.59 Å². The van der Waals surface area contributed by atoms with Crippen LogP contribution in [-0.2, 0) is 4.79 Å². The van der Waals surface area contributed by atoms with E-state index in [9.17, 15) is 9.59 Å². The van der Waals surface area contributed by atoms with E-state index < -0.39 is 0 Å². The summed E-state index contributed by atoms with van der Waals surface area (Å²) in [6.45, 7) is 3.74. The molecule has 0 bridgehead atoms. The molecule has 0 aliphatic carbocycles. The van der Waals surface area contributed by atoms with Crippen LogP contribution in [0.2, 0.25) is 0 Å². The van der Waals surface area contributed by atoms with Crippen molar-refractivity contribution >= 4 is 44.6 Å². The quantitative estimate of drug-likeness (QED) is 0.306. The number of nitrogens with zero attached hydrogens (tertiary/aromatic N) is 3. The maximum absolute atomic E-state index is 13.2. The molecule has 0 radical (unpaired) electrons. The summed E-state index contributed by atoms with van der Waals surface area (Å²) < 4.78 is 13.2. The number of ether oxygens (including phenoxy) is 2. The molecule has 0 saturated carbocycles. The highest BCUT2D eigenvalue weighted by Crippen LogP contribution is 2.28. The number of carbonyl (C=O) groups is 1. The Bertz CT molecular complexity index is 1480. The van der Waals surface area contributed by atoms with Crippen molar-refractivity contribution in [3.05, 3.63) is 92.9 Å². The Hall–Kier alpha value is -3.98. The number of hydrogen-bond acceptors (Lipinski definition) is 6. The number of hydrogen-bond donors (Lipinski definition) is 1. The Kier molecular flexibility index (Phi) is 7.80. The molecule has 0 saturated heterocycles. The van der Waals surface area contributed by atoms with E-state index in [1.165, 1.54) is 11.8 Å². The molecule has 4 aromatic rings. The third-order valence-electron chi connectivity index (χ3n) is 5.28. The molecule has 1 amide bonds. The molecule has 0 aliphatic rings. The van der Waals surface area contributed by atoms with Crippen LogP contribution in [0, 0.1) is 0 Å². The van der Waals surface area contributed by atoms with E-state index in [2.05, 4.69) is 31.3 Å². The van der Waals surface area contributed by atoms with Crippen molar-refractivity contribution in [3.63, 3.8) is 0 Å². The average molecular weight is 549 g/mol. The number of halogens is 1. The molecule has 9 heteroatoms. The summed E-state index contributed by atoms with van der Waals surface area (Å²) in [5.41, 5.74) is 1.75. The van der Waals surface area contributed by atoms with Gasteiger partial charge in [0.1, 0.15) is 5.82 Å². The highest BCUT2D eigenvalue weighted by molar-refractivity contribution is 9.10. The molecular weight excluding hydrogens is 524 g/mol. The first-order valence-electron chi connectivity index (χ1n) is 11.3. The number of methoxy groups -OCH3 is 1. The first kappa shape index (κ1) is 25.1. The molecule has 4 rings (SSSR count). The molecule has 1 heterocycles. The lowest BCUT2D eigenvalue weighted by Gasteiger charge is -2.13. The monoisotopic (exact) mass is 548 g/mol. The van der Waals surface area contributed by atoms with Gasteiger partial charge >= 0.3 is 0 Å². The van der Waals surface area contributed by atoms with Crippen LogP contribution in [0.3, 0.4) is 0 Å². The molecule has 1 N–H and O–H groups in total. The van der Waals surface area contributed by atoms with Gasteiger partial charge in [0.15, 0.2) is 18.1 Å². The van der Waals surface area contributed by atoms with Crippen LogP contribution < -0.4 is 20.3 Å². The van der Waals surface area contributed by atoms with Gasteiger partial charge in [-0.25, -0.2) is 4.98 Å². The van der Waals surface area contributed by atoms with E-state index >= 15 is 0 Å². The van der Waals surface area contributed by atoms with Crippen molar-refractivity contribution in [3.8, 4) is 11.5 Å². The van der Waals surface area contributed by atoms with Crippen molar-refractivity contribution in [2.75, 3.05) is 19.0 Å². The van der Waals surface area contributed by atoms with E-state index in [4.69, 9.17) is 9.47 Å². The fourth-order valence-corrected chi connectivity index (χ4v) is 3.88. The van der Waals surface area contributed by atoms with E-state index in [0.29, 0.717) is 39.5 Å². The molecule has 0 aliphatic heterocycles. The van der Waals surface area contributed by atoms with Crippen molar-refractivity contribution < 1.29 is 14.3 Å². The molecule has 3 aromatic carbocycles. The zero-order valence-corrected chi connectivity index (χ0v) is 21.7. The fraction of sp³-hybridized carbons (Fsp3) is 0.185. The minimum atomic E-state index is -0.287. The molecule has 0 atom stereocenters. The minimum absolute atomic E-state index is 0.0183. The van der Waals surface area contributed by atoms with Crippen molar-refractivity contribution in [1.29, 1.82) is 0 Å². The predicted octanol–water partition coefficient (Wildman–Crippen LogP) is 5.19. The highest BCUT2D eigenvalue weighted by Gasteiger charge is 2.14. The van der Waals surface area contributed by atoms with Gasteiger partial charge in [-0.1, -0.05) is 48.0 Å². The minimum Gasteiger partial charge on any atom is -0.493 e. The summed E-state index contributed by atoms with van der Waals surface area (Å²) in [5.74, 6) is 1.10. The van der Waals surface area contributed by atoms with E-state index in [1.807, 2.05) is 44.2 Å². The third kappa shape index (κ3) is 5.80. The lowest BCUT2D eigenvalue weighted by atomic mass is 10.2. The molecule has 184 valence electrons. The molecule has 0 unspecified atom stereocenters. The largest absolute Gasteiger partial charge is 0.493 e. The third-order valence-corrected chi connectivity index (χ3v) is 5.77. The fourth-order valence-electron chi connectivity index (χ4n) is 3.52. The first-order chi connectivity index (χ1) is 17.4. The molecule has 8 nitrogen and oxygen atoms in total. The summed E-state index contributed by atoms with van der Waals surface area (Å²) >= 11 is 3.41. The average Bonchev–Trinajstić information content (AvgIpc) is 2.87. The van der Waals surface area contributed by atoms with Gasteiger partial charge in [-0.2, -0.15) is 9.78 Å². The lowest BCUT2D eigenvalue weighted by Crippen LogP contribution is -2.23. The van der Waals surface area contributed by atoms with E-state index in [-0.39, 0.29) is 24.0 Å². The van der Waals surface area contributed by atoms with Crippen LogP contribution in [0.4, 0.5) is 5.69 Å². The molecule has 0 fully saturated rings. The maximum Gasteiger partial charge on any atom is 0.282 e. The summed E-state index contributed by atoms with van der Waals surface area (Å²) in [7, 11) is 1.51. The van der Waals surface area contributed by atoms with Crippen LogP contribution in [-0.4, -0.2) is 35.5 Å².